The van der Waals surface area contributed by atoms with Gasteiger partial charge in [0.15, 0.2) is 17.3 Å². The van der Waals surface area contributed by atoms with E-state index in [2.05, 4.69) is 5.32 Å². The predicted octanol–water partition coefficient (Wildman–Crippen LogP) is 2.27. The number of carbonyl (C=O) groups is 1. The molecule has 162 valence electrons. The van der Waals surface area contributed by atoms with Gasteiger partial charge in [0.2, 0.25) is 0 Å². The molecule has 0 fully saturated rings. The molecule has 8 heteroatoms. The average molecular weight is 431 g/mol. The van der Waals surface area contributed by atoms with Gasteiger partial charge in [-0.15, -0.1) is 0 Å². The van der Waals surface area contributed by atoms with Gasteiger partial charge in [0.25, 0.3) is 5.56 Å². The highest BCUT2D eigenvalue weighted by atomic mass is 16.5. The van der Waals surface area contributed by atoms with Crippen molar-refractivity contribution < 1.29 is 14.3 Å². The Kier molecular flexibility index (Phi) is 4.33. The second-order valence-corrected chi connectivity index (χ2v) is 7.77. The fourth-order valence-electron chi connectivity index (χ4n) is 4.71. The van der Waals surface area contributed by atoms with Gasteiger partial charge in [-0.3, -0.25) is 18.7 Å². The summed E-state index contributed by atoms with van der Waals surface area (Å²) in [5, 5.41) is 3.22. The molecule has 0 radical (unpaired) electrons. The second kappa shape index (κ2) is 6.98. The van der Waals surface area contributed by atoms with Crippen LogP contribution in [0, 0.1) is 0 Å². The summed E-state index contributed by atoms with van der Waals surface area (Å²) in [5.74, 6) is 0.351. The molecule has 2 heterocycles. The molecule has 2 aliphatic rings. The second-order valence-electron chi connectivity index (χ2n) is 7.77. The number of rotatable bonds is 3. The van der Waals surface area contributed by atoms with Crippen LogP contribution < -0.4 is 26.0 Å². The van der Waals surface area contributed by atoms with Gasteiger partial charge < -0.3 is 14.8 Å². The lowest BCUT2D eigenvalue weighted by Crippen LogP contribution is -2.42. The summed E-state index contributed by atoms with van der Waals surface area (Å²) in [4.78, 5) is 39.7. The Morgan fingerprint density at radius 2 is 1.59 bits per heavy atom. The third-order valence-corrected chi connectivity index (χ3v) is 6.22. The third kappa shape index (κ3) is 2.46. The fourth-order valence-corrected chi connectivity index (χ4v) is 4.71. The van der Waals surface area contributed by atoms with Gasteiger partial charge in [0, 0.05) is 36.4 Å². The summed E-state index contributed by atoms with van der Waals surface area (Å²) in [6.07, 6.45) is 0. The van der Waals surface area contributed by atoms with Crippen molar-refractivity contribution in [3.63, 3.8) is 0 Å². The molecule has 0 amide bonds. The number of para-hydroxylation sites is 1. The first-order valence-corrected chi connectivity index (χ1v) is 10.1. The predicted molar refractivity (Wildman–Crippen MR) is 120 cm³/mol. The molecule has 0 bridgehead atoms. The summed E-state index contributed by atoms with van der Waals surface area (Å²) < 4.78 is 13.6. The molecular weight excluding hydrogens is 410 g/mol. The van der Waals surface area contributed by atoms with Crippen LogP contribution in [-0.2, 0) is 14.1 Å². The van der Waals surface area contributed by atoms with Gasteiger partial charge in [0.1, 0.15) is 5.82 Å². The number of nitrogens with one attached hydrogen (secondary N) is 1. The number of hydrogen-bond acceptors (Lipinski definition) is 6. The number of carbonyl (C=O) groups excluding carboxylic acids is 1. The smallest absolute Gasteiger partial charge is 0.332 e. The maximum absolute atomic E-state index is 13.6. The standard InChI is InChI=1S/C24H21N3O5/c1-26-22-18(23(29)27(2)24(26)30)16(14-10-7-11-15(31-3)21(14)32-4)17-19(25-22)12-8-5-6-9-13(12)20(17)28/h5-11,16,25H,1-4H3/t16-/m0/s1. The van der Waals surface area contributed by atoms with Crippen LogP contribution in [0.2, 0.25) is 0 Å². The number of fused-ring (bicyclic) bond motifs is 3. The van der Waals surface area contributed by atoms with E-state index in [0.717, 1.165) is 10.1 Å². The maximum Gasteiger partial charge on any atom is 0.332 e. The van der Waals surface area contributed by atoms with Gasteiger partial charge in [-0.25, -0.2) is 4.79 Å². The molecule has 0 unspecified atom stereocenters. The van der Waals surface area contributed by atoms with E-state index in [4.69, 9.17) is 9.47 Å². The molecule has 1 atom stereocenters. The fraction of sp³-hybridized carbons (Fsp3) is 0.208. The number of hydrogen-bond donors (Lipinski definition) is 1. The van der Waals surface area contributed by atoms with Crippen molar-refractivity contribution >= 4 is 17.3 Å². The van der Waals surface area contributed by atoms with Crippen molar-refractivity contribution in [3.8, 4) is 11.5 Å². The van der Waals surface area contributed by atoms with Crippen molar-refractivity contribution in [2.75, 3.05) is 19.5 Å². The zero-order valence-corrected chi connectivity index (χ0v) is 18.1. The number of methoxy groups -OCH3 is 2. The largest absolute Gasteiger partial charge is 0.493 e. The van der Waals surface area contributed by atoms with Gasteiger partial charge in [-0.2, -0.15) is 0 Å². The summed E-state index contributed by atoms with van der Waals surface area (Å²) in [6, 6.07) is 12.6. The van der Waals surface area contributed by atoms with Gasteiger partial charge in [-0.1, -0.05) is 36.4 Å². The number of allylic oxidation sites excluding steroid dienone is 1. The molecule has 5 rings (SSSR count). The minimum Gasteiger partial charge on any atom is -0.493 e. The van der Waals surface area contributed by atoms with Crippen molar-refractivity contribution in [1.82, 2.24) is 9.13 Å². The van der Waals surface area contributed by atoms with Gasteiger partial charge in [0.05, 0.1) is 31.4 Å². The molecule has 1 aliphatic carbocycles. The molecule has 0 spiro atoms. The van der Waals surface area contributed by atoms with Crippen LogP contribution in [0.15, 0.2) is 57.6 Å². The highest BCUT2D eigenvalue weighted by molar-refractivity contribution is 6.23. The minimum atomic E-state index is -0.753. The highest BCUT2D eigenvalue weighted by Crippen LogP contribution is 2.50. The van der Waals surface area contributed by atoms with E-state index in [9.17, 15) is 14.4 Å². The summed E-state index contributed by atoms with van der Waals surface area (Å²) >= 11 is 0. The normalized spacial score (nSPS) is 16.2. The lowest BCUT2D eigenvalue weighted by Gasteiger charge is -2.30. The Morgan fingerprint density at radius 3 is 2.28 bits per heavy atom. The van der Waals surface area contributed by atoms with E-state index >= 15 is 0 Å². The molecule has 0 saturated carbocycles. The molecule has 3 aromatic rings. The molecule has 1 aliphatic heterocycles. The van der Waals surface area contributed by atoms with Crippen molar-refractivity contribution in [3.05, 3.63) is 91.1 Å². The number of aromatic nitrogens is 2. The first-order valence-electron chi connectivity index (χ1n) is 10.1. The van der Waals surface area contributed by atoms with E-state index in [0.29, 0.717) is 45.3 Å². The molecule has 8 nitrogen and oxygen atoms in total. The van der Waals surface area contributed by atoms with E-state index in [1.807, 2.05) is 18.2 Å². The Hall–Kier alpha value is -4.07. The lowest BCUT2D eigenvalue weighted by molar-refractivity contribution is 0.103. The van der Waals surface area contributed by atoms with E-state index in [-0.39, 0.29) is 5.78 Å². The molecule has 2 aromatic carbocycles. The van der Waals surface area contributed by atoms with Crippen LogP contribution in [-0.4, -0.2) is 29.1 Å². The first kappa shape index (κ1) is 19.9. The van der Waals surface area contributed by atoms with Gasteiger partial charge >= 0.3 is 5.69 Å². The van der Waals surface area contributed by atoms with Crippen LogP contribution in [0.25, 0.3) is 5.70 Å². The summed E-state index contributed by atoms with van der Waals surface area (Å²) in [7, 11) is 6.08. The average Bonchev–Trinajstić information content (AvgIpc) is 3.11. The SMILES string of the molecule is COc1cccc([C@H]2C3=C(Nc4c2c(=O)n(C)c(=O)n4C)c2ccccc2C3=O)c1OC. The van der Waals surface area contributed by atoms with Crippen molar-refractivity contribution in [2.24, 2.45) is 14.1 Å². The first-order chi connectivity index (χ1) is 15.4. The van der Waals surface area contributed by atoms with Gasteiger partial charge in [-0.05, 0) is 6.07 Å². The van der Waals surface area contributed by atoms with Crippen molar-refractivity contribution in [2.45, 2.75) is 5.92 Å². The number of ether oxygens (including phenoxy) is 2. The maximum atomic E-state index is 13.6. The molecule has 0 saturated heterocycles. The van der Waals surface area contributed by atoms with E-state index in [1.165, 1.54) is 25.8 Å². The Morgan fingerprint density at radius 1 is 0.875 bits per heavy atom. The number of benzene rings is 2. The summed E-state index contributed by atoms with van der Waals surface area (Å²) in [6.45, 7) is 0. The Labute approximate surface area is 183 Å². The number of Topliss-reactive ketones (excluding diaryl/α,β-unsaturated/α-hetero) is 1. The molecular formula is C24H21N3O5. The molecule has 1 N–H and O–H groups in total. The summed E-state index contributed by atoms with van der Waals surface area (Å²) in [5.41, 5.74) is 2.31. The zero-order valence-electron chi connectivity index (χ0n) is 18.1. The van der Waals surface area contributed by atoms with E-state index < -0.39 is 17.2 Å². The van der Waals surface area contributed by atoms with Crippen LogP contribution >= 0.6 is 0 Å². The zero-order chi connectivity index (χ0) is 22.7. The monoisotopic (exact) mass is 431 g/mol. The number of anilines is 1. The molecule has 32 heavy (non-hydrogen) atoms. The Bertz CT molecular complexity index is 1460. The minimum absolute atomic E-state index is 0.167. The van der Waals surface area contributed by atoms with Crippen LogP contribution in [0.4, 0.5) is 5.82 Å². The number of ketones is 1. The van der Waals surface area contributed by atoms with E-state index in [1.54, 1.807) is 31.3 Å². The van der Waals surface area contributed by atoms with Crippen LogP contribution in [0.1, 0.15) is 33.0 Å². The lowest BCUT2D eigenvalue weighted by atomic mass is 9.81. The van der Waals surface area contributed by atoms with Crippen LogP contribution in [0.3, 0.4) is 0 Å². The number of nitrogens with zero attached hydrogens (tertiary/aromatic N) is 2. The van der Waals surface area contributed by atoms with Crippen LogP contribution in [0.5, 0.6) is 11.5 Å². The van der Waals surface area contributed by atoms with Crippen molar-refractivity contribution in [1.29, 1.82) is 0 Å². The third-order valence-electron chi connectivity index (χ3n) is 6.22. The topological polar surface area (TPSA) is 91.6 Å². The highest BCUT2D eigenvalue weighted by Gasteiger charge is 2.43. The quantitative estimate of drug-likeness (QED) is 0.684. The Balaban J connectivity index is 1.92. The molecule has 1 aromatic heterocycles.